The minimum absolute atomic E-state index is 0.251. The fraction of sp³-hybridized carbons (Fsp3) is 0.211. The van der Waals surface area contributed by atoms with Crippen molar-refractivity contribution >= 4 is 11.6 Å². The molecule has 1 amide bonds. The van der Waals surface area contributed by atoms with Crippen LogP contribution in [-0.4, -0.2) is 22.4 Å². The maximum absolute atomic E-state index is 12.1. The maximum atomic E-state index is 12.1. The number of pyridine rings is 1. The molecule has 0 spiro atoms. The summed E-state index contributed by atoms with van der Waals surface area (Å²) in [4.78, 5) is 22.5. The number of aromatic nitrogens is 2. The summed E-state index contributed by atoms with van der Waals surface area (Å²) in [5.41, 5.74) is 6.72. The maximum Gasteiger partial charge on any atom is 0.227 e. The highest BCUT2D eigenvalue weighted by Gasteiger charge is 2.31. The number of hydrogen-bond donors (Lipinski definition) is 0. The number of benzene rings is 1. The smallest absolute Gasteiger partial charge is 0.227 e. The summed E-state index contributed by atoms with van der Waals surface area (Å²) in [7, 11) is 0. The predicted molar refractivity (Wildman–Crippen MR) is 89.5 cm³/mol. The monoisotopic (exact) mass is 317 g/mol. The van der Waals surface area contributed by atoms with E-state index in [-0.39, 0.29) is 5.91 Å². The summed E-state index contributed by atoms with van der Waals surface area (Å²) < 4.78 is 5.37. The first-order valence-corrected chi connectivity index (χ1v) is 8.11. The average Bonchev–Trinajstić information content (AvgIpc) is 3.29. The lowest BCUT2D eigenvalue weighted by Gasteiger charge is -2.25. The minimum Gasteiger partial charge on any atom is -0.444 e. The molecular weight excluding hydrogens is 302 g/mol. The number of nitrogens with zero attached hydrogens (tertiary/aromatic N) is 3. The van der Waals surface area contributed by atoms with E-state index in [0.717, 1.165) is 41.8 Å². The van der Waals surface area contributed by atoms with Crippen molar-refractivity contribution in [2.75, 3.05) is 11.4 Å². The van der Waals surface area contributed by atoms with Crippen LogP contribution in [0.15, 0.2) is 47.5 Å². The molecule has 3 aromatic rings. The number of carbonyl (C=O) groups excluding carboxylic acids is 1. The first-order valence-electron chi connectivity index (χ1n) is 8.11. The Labute approximate surface area is 139 Å². The van der Waals surface area contributed by atoms with Crippen LogP contribution in [0.2, 0.25) is 0 Å². The van der Waals surface area contributed by atoms with Crippen LogP contribution in [0, 0.1) is 0 Å². The molecule has 0 atom stereocenters. The summed E-state index contributed by atoms with van der Waals surface area (Å²) in [5, 5.41) is 0. The van der Waals surface area contributed by atoms with Gasteiger partial charge in [-0.15, -0.1) is 0 Å². The SMILES string of the molecule is O=C1CCc2cc(-c3cncc(-c4ncco4)c3)cc3c2N1CC3. The Balaban J connectivity index is 1.62. The van der Waals surface area contributed by atoms with Gasteiger partial charge in [0.2, 0.25) is 11.8 Å². The molecule has 4 heterocycles. The van der Waals surface area contributed by atoms with Crippen LogP contribution < -0.4 is 4.90 Å². The number of amides is 1. The van der Waals surface area contributed by atoms with Gasteiger partial charge in [-0.2, -0.15) is 0 Å². The first kappa shape index (κ1) is 13.5. The second-order valence-electron chi connectivity index (χ2n) is 6.24. The predicted octanol–water partition coefficient (Wildman–Crippen LogP) is 3.24. The van der Waals surface area contributed by atoms with Crippen molar-refractivity contribution in [2.24, 2.45) is 0 Å². The van der Waals surface area contributed by atoms with Crippen LogP contribution in [0.5, 0.6) is 0 Å². The van der Waals surface area contributed by atoms with Gasteiger partial charge in [0.05, 0.1) is 17.4 Å². The molecule has 0 unspecified atom stereocenters. The average molecular weight is 317 g/mol. The summed E-state index contributed by atoms with van der Waals surface area (Å²) in [6.45, 7) is 0.805. The highest BCUT2D eigenvalue weighted by Crippen LogP contribution is 2.40. The van der Waals surface area contributed by atoms with Crippen LogP contribution >= 0.6 is 0 Å². The standard InChI is InChI=1S/C19H15N3O2/c23-17-2-1-12-7-14(8-13-3-5-22(17)18(12)13)15-9-16(11-20-10-15)19-21-4-6-24-19/h4,6-11H,1-3,5H2. The highest BCUT2D eigenvalue weighted by molar-refractivity contribution is 5.99. The van der Waals surface area contributed by atoms with Gasteiger partial charge in [-0.1, -0.05) is 0 Å². The highest BCUT2D eigenvalue weighted by atomic mass is 16.3. The van der Waals surface area contributed by atoms with Crippen LogP contribution in [0.3, 0.4) is 0 Å². The van der Waals surface area contributed by atoms with Gasteiger partial charge in [0.1, 0.15) is 6.26 Å². The molecular formula is C19H15N3O2. The molecule has 0 bridgehead atoms. The van der Waals surface area contributed by atoms with E-state index in [1.54, 1.807) is 18.7 Å². The number of oxazole rings is 1. The van der Waals surface area contributed by atoms with Gasteiger partial charge in [0.25, 0.3) is 0 Å². The van der Waals surface area contributed by atoms with E-state index in [2.05, 4.69) is 22.1 Å². The Morgan fingerprint density at radius 3 is 2.62 bits per heavy atom. The molecule has 1 aromatic carbocycles. The fourth-order valence-electron chi connectivity index (χ4n) is 3.71. The summed E-state index contributed by atoms with van der Waals surface area (Å²) in [6.07, 6.45) is 9.16. The zero-order valence-corrected chi connectivity index (χ0v) is 13.0. The first-order chi connectivity index (χ1) is 11.8. The molecule has 0 fully saturated rings. The largest absolute Gasteiger partial charge is 0.444 e. The molecule has 2 aliphatic heterocycles. The summed E-state index contributed by atoms with van der Waals surface area (Å²) in [5.74, 6) is 0.824. The second kappa shape index (κ2) is 5.03. The van der Waals surface area contributed by atoms with Crippen molar-refractivity contribution in [1.82, 2.24) is 9.97 Å². The quantitative estimate of drug-likeness (QED) is 0.728. The minimum atomic E-state index is 0.251. The number of hydrogen-bond acceptors (Lipinski definition) is 4. The molecule has 0 saturated heterocycles. The molecule has 5 nitrogen and oxygen atoms in total. The molecule has 5 rings (SSSR count). The lowest BCUT2D eigenvalue weighted by atomic mass is 9.94. The molecule has 0 saturated carbocycles. The molecule has 2 aromatic heterocycles. The van der Waals surface area contributed by atoms with E-state index in [1.807, 2.05) is 17.2 Å². The third-order valence-corrected chi connectivity index (χ3v) is 4.80. The zero-order chi connectivity index (χ0) is 16.1. The van der Waals surface area contributed by atoms with E-state index in [4.69, 9.17) is 4.42 Å². The van der Waals surface area contributed by atoms with Gasteiger partial charge >= 0.3 is 0 Å². The normalized spacial score (nSPS) is 15.7. The van der Waals surface area contributed by atoms with E-state index >= 15 is 0 Å². The molecule has 2 aliphatic rings. The number of aryl methyl sites for hydroxylation is 1. The third-order valence-electron chi connectivity index (χ3n) is 4.80. The van der Waals surface area contributed by atoms with Crippen molar-refractivity contribution in [3.8, 4) is 22.6 Å². The van der Waals surface area contributed by atoms with Crippen molar-refractivity contribution in [1.29, 1.82) is 0 Å². The Hall–Kier alpha value is -2.95. The van der Waals surface area contributed by atoms with E-state index in [1.165, 1.54) is 11.1 Å². The van der Waals surface area contributed by atoms with Gasteiger partial charge in [0, 0.05) is 30.9 Å². The third kappa shape index (κ3) is 1.98. The number of anilines is 1. The van der Waals surface area contributed by atoms with Gasteiger partial charge < -0.3 is 9.32 Å². The second-order valence-corrected chi connectivity index (χ2v) is 6.24. The van der Waals surface area contributed by atoms with Crippen LogP contribution in [0.1, 0.15) is 17.5 Å². The lowest BCUT2D eigenvalue weighted by Crippen LogP contribution is -2.32. The van der Waals surface area contributed by atoms with E-state index in [0.29, 0.717) is 12.3 Å². The van der Waals surface area contributed by atoms with Gasteiger partial charge in [-0.3, -0.25) is 9.78 Å². The van der Waals surface area contributed by atoms with Gasteiger partial charge in [-0.05, 0) is 47.7 Å². The Morgan fingerprint density at radius 2 is 1.79 bits per heavy atom. The van der Waals surface area contributed by atoms with E-state index in [9.17, 15) is 4.79 Å². The Kier molecular flexibility index (Phi) is 2.82. The van der Waals surface area contributed by atoms with Crippen molar-refractivity contribution in [2.45, 2.75) is 19.3 Å². The molecule has 0 aliphatic carbocycles. The molecule has 0 radical (unpaired) electrons. The van der Waals surface area contributed by atoms with E-state index < -0.39 is 0 Å². The number of carbonyl (C=O) groups is 1. The van der Waals surface area contributed by atoms with Crippen LogP contribution in [-0.2, 0) is 17.6 Å². The Morgan fingerprint density at radius 1 is 0.958 bits per heavy atom. The van der Waals surface area contributed by atoms with Crippen molar-refractivity contribution in [3.05, 3.63) is 54.2 Å². The Bertz CT molecular complexity index is 947. The van der Waals surface area contributed by atoms with Crippen molar-refractivity contribution in [3.63, 3.8) is 0 Å². The fourth-order valence-corrected chi connectivity index (χ4v) is 3.71. The molecule has 5 heteroatoms. The van der Waals surface area contributed by atoms with Crippen LogP contribution in [0.4, 0.5) is 5.69 Å². The molecule has 24 heavy (non-hydrogen) atoms. The number of rotatable bonds is 2. The van der Waals surface area contributed by atoms with Gasteiger partial charge in [0.15, 0.2) is 0 Å². The van der Waals surface area contributed by atoms with Crippen molar-refractivity contribution < 1.29 is 9.21 Å². The lowest BCUT2D eigenvalue weighted by molar-refractivity contribution is -0.118. The topological polar surface area (TPSA) is 59.2 Å². The zero-order valence-electron chi connectivity index (χ0n) is 13.0. The van der Waals surface area contributed by atoms with Crippen LogP contribution in [0.25, 0.3) is 22.6 Å². The molecule has 118 valence electrons. The summed E-state index contributed by atoms with van der Waals surface area (Å²) >= 11 is 0. The summed E-state index contributed by atoms with van der Waals surface area (Å²) in [6, 6.07) is 6.43. The molecule has 0 N–H and O–H groups in total. The van der Waals surface area contributed by atoms with Gasteiger partial charge in [-0.25, -0.2) is 4.98 Å².